The lowest BCUT2D eigenvalue weighted by molar-refractivity contribution is -0.139. The van der Waals surface area contributed by atoms with Crippen molar-refractivity contribution in [2.75, 3.05) is 7.11 Å². The van der Waals surface area contributed by atoms with Crippen molar-refractivity contribution in [1.82, 2.24) is 9.97 Å². The van der Waals surface area contributed by atoms with Crippen LogP contribution in [0.4, 0.5) is 17.6 Å². The van der Waals surface area contributed by atoms with Crippen molar-refractivity contribution in [2.24, 2.45) is 0 Å². The van der Waals surface area contributed by atoms with E-state index in [9.17, 15) is 22.4 Å². The first-order chi connectivity index (χ1) is 9.81. The molecule has 0 saturated carbocycles. The highest BCUT2D eigenvalue weighted by atomic mass is 19.4. The Labute approximate surface area is 116 Å². The molecule has 0 atom stereocenters. The smallest absolute Gasteiger partial charge is 0.377 e. The summed E-state index contributed by atoms with van der Waals surface area (Å²) >= 11 is 0. The van der Waals surface area contributed by atoms with Crippen LogP contribution in [-0.2, 0) is 17.5 Å². The molecule has 21 heavy (non-hydrogen) atoms. The van der Waals surface area contributed by atoms with Crippen molar-refractivity contribution in [2.45, 2.75) is 12.8 Å². The van der Waals surface area contributed by atoms with Crippen LogP contribution in [0.15, 0.2) is 29.1 Å². The van der Waals surface area contributed by atoms with Gasteiger partial charge in [-0.05, 0) is 12.1 Å². The van der Waals surface area contributed by atoms with Gasteiger partial charge in [-0.1, -0.05) is 6.07 Å². The van der Waals surface area contributed by atoms with Crippen molar-refractivity contribution in [3.8, 4) is 11.3 Å². The van der Waals surface area contributed by atoms with Crippen LogP contribution >= 0.6 is 0 Å². The maximum Gasteiger partial charge on any atom is 0.419 e. The molecule has 0 unspecified atom stereocenters. The number of H-pyrrole nitrogens is 1. The average molecular weight is 302 g/mol. The molecule has 2 aromatic rings. The molecule has 1 aromatic heterocycles. The highest BCUT2D eigenvalue weighted by molar-refractivity contribution is 5.59. The van der Waals surface area contributed by atoms with Crippen molar-refractivity contribution < 1.29 is 22.3 Å². The second kappa shape index (κ2) is 5.65. The molecule has 0 amide bonds. The zero-order chi connectivity index (χ0) is 15.6. The number of benzene rings is 1. The Morgan fingerprint density at radius 2 is 2.00 bits per heavy atom. The predicted octanol–water partition coefficient (Wildman–Crippen LogP) is 2.74. The van der Waals surface area contributed by atoms with Gasteiger partial charge >= 0.3 is 6.18 Å². The van der Waals surface area contributed by atoms with E-state index in [-0.39, 0.29) is 23.7 Å². The molecule has 0 fully saturated rings. The molecule has 1 heterocycles. The number of hydrogen-bond donors (Lipinski definition) is 1. The van der Waals surface area contributed by atoms with E-state index < -0.39 is 23.1 Å². The summed E-state index contributed by atoms with van der Waals surface area (Å²) in [5.74, 6) is -1.23. The second-order valence-electron chi connectivity index (χ2n) is 4.20. The van der Waals surface area contributed by atoms with E-state index >= 15 is 0 Å². The molecular weight excluding hydrogens is 292 g/mol. The van der Waals surface area contributed by atoms with E-state index in [0.29, 0.717) is 12.1 Å². The van der Waals surface area contributed by atoms with E-state index in [2.05, 4.69) is 9.97 Å². The zero-order valence-electron chi connectivity index (χ0n) is 10.8. The first kappa shape index (κ1) is 15.2. The summed E-state index contributed by atoms with van der Waals surface area (Å²) < 4.78 is 55.8. The van der Waals surface area contributed by atoms with Gasteiger partial charge in [0.2, 0.25) is 0 Å². The highest BCUT2D eigenvalue weighted by Gasteiger charge is 2.34. The van der Waals surface area contributed by atoms with Gasteiger partial charge in [-0.3, -0.25) is 4.79 Å². The molecule has 4 nitrogen and oxygen atoms in total. The van der Waals surface area contributed by atoms with Gasteiger partial charge in [-0.25, -0.2) is 9.37 Å². The van der Waals surface area contributed by atoms with Crippen LogP contribution in [0.1, 0.15) is 11.4 Å². The fourth-order valence-electron chi connectivity index (χ4n) is 1.77. The fourth-order valence-corrected chi connectivity index (χ4v) is 1.77. The van der Waals surface area contributed by atoms with Crippen LogP contribution in [0.3, 0.4) is 0 Å². The molecule has 2 rings (SSSR count). The largest absolute Gasteiger partial charge is 0.419 e. The summed E-state index contributed by atoms with van der Waals surface area (Å²) in [4.78, 5) is 17.8. The number of aromatic amines is 1. The van der Waals surface area contributed by atoms with Crippen molar-refractivity contribution in [3.63, 3.8) is 0 Å². The molecule has 0 aliphatic carbocycles. The number of rotatable bonds is 3. The number of methoxy groups -OCH3 is 1. The Morgan fingerprint density at radius 3 is 2.57 bits per heavy atom. The van der Waals surface area contributed by atoms with Gasteiger partial charge in [0.15, 0.2) is 0 Å². The molecule has 0 aliphatic rings. The Hall–Kier alpha value is -2.22. The number of nitrogens with one attached hydrogen (secondary N) is 1. The SMILES string of the molecule is COCc1nc(-c2ccc(C(F)(F)F)c(F)c2)cc(=O)[nH]1. The molecule has 1 N–H and O–H groups in total. The lowest BCUT2D eigenvalue weighted by atomic mass is 10.1. The topological polar surface area (TPSA) is 55.0 Å². The van der Waals surface area contributed by atoms with Gasteiger partial charge < -0.3 is 9.72 Å². The summed E-state index contributed by atoms with van der Waals surface area (Å²) in [5, 5.41) is 0. The van der Waals surface area contributed by atoms with Gasteiger partial charge in [0.1, 0.15) is 18.2 Å². The van der Waals surface area contributed by atoms with E-state index in [1.165, 1.54) is 7.11 Å². The molecule has 0 radical (unpaired) electrons. The van der Waals surface area contributed by atoms with Crippen LogP contribution in [0.2, 0.25) is 0 Å². The maximum absolute atomic E-state index is 13.5. The monoisotopic (exact) mass is 302 g/mol. The summed E-state index contributed by atoms with van der Waals surface area (Å²) in [5.41, 5.74) is -1.73. The minimum atomic E-state index is -4.77. The quantitative estimate of drug-likeness (QED) is 0.887. The van der Waals surface area contributed by atoms with Crippen LogP contribution < -0.4 is 5.56 Å². The van der Waals surface area contributed by atoms with Gasteiger partial charge in [0, 0.05) is 18.7 Å². The first-order valence-corrected chi connectivity index (χ1v) is 5.77. The van der Waals surface area contributed by atoms with E-state index in [0.717, 1.165) is 12.1 Å². The molecule has 0 bridgehead atoms. The number of hydrogen-bond acceptors (Lipinski definition) is 3. The number of alkyl halides is 3. The van der Waals surface area contributed by atoms with Gasteiger partial charge in [-0.2, -0.15) is 13.2 Å². The highest BCUT2D eigenvalue weighted by Crippen LogP contribution is 2.32. The van der Waals surface area contributed by atoms with E-state index in [4.69, 9.17) is 4.74 Å². The Bertz CT molecular complexity index is 710. The maximum atomic E-state index is 13.5. The molecule has 8 heteroatoms. The third-order valence-electron chi connectivity index (χ3n) is 2.64. The second-order valence-corrected chi connectivity index (χ2v) is 4.20. The minimum absolute atomic E-state index is 0.0200. The fraction of sp³-hybridized carbons (Fsp3) is 0.231. The zero-order valence-corrected chi connectivity index (χ0v) is 10.8. The van der Waals surface area contributed by atoms with Crippen molar-refractivity contribution >= 4 is 0 Å². The molecule has 0 aliphatic heterocycles. The third-order valence-corrected chi connectivity index (χ3v) is 2.64. The van der Waals surface area contributed by atoms with Gasteiger partial charge in [0.05, 0.1) is 11.3 Å². The number of halogens is 4. The Morgan fingerprint density at radius 1 is 1.29 bits per heavy atom. The number of ether oxygens (including phenoxy) is 1. The average Bonchev–Trinajstić information content (AvgIpc) is 2.36. The molecule has 112 valence electrons. The predicted molar refractivity (Wildman–Crippen MR) is 66.0 cm³/mol. The van der Waals surface area contributed by atoms with Crippen LogP contribution in [0.5, 0.6) is 0 Å². The normalized spacial score (nSPS) is 11.7. The van der Waals surface area contributed by atoms with Crippen LogP contribution in [0, 0.1) is 5.82 Å². The molecule has 0 spiro atoms. The number of aromatic nitrogens is 2. The minimum Gasteiger partial charge on any atom is -0.377 e. The van der Waals surface area contributed by atoms with Crippen molar-refractivity contribution in [1.29, 1.82) is 0 Å². The van der Waals surface area contributed by atoms with E-state index in [1.54, 1.807) is 0 Å². The van der Waals surface area contributed by atoms with E-state index in [1.807, 2.05) is 0 Å². The summed E-state index contributed by atoms with van der Waals surface area (Å²) in [6.45, 7) is 0.0200. The van der Waals surface area contributed by atoms with Gasteiger partial charge in [-0.15, -0.1) is 0 Å². The van der Waals surface area contributed by atoms with Crippen molar-refractivity contribution in [3.05, 3.63) is 51.8 Å². The summed E-state index contributed by atoms with van der Waals surface area (Å²) in [6.07, 6.45) is -4.77. The molecule has 0 saturated heterocycles. The van der Waals surface area contributed by atoms with Gasteiger partial charge in [0.25, 0.3) is 5.56 Å². The lowest BCUT2D eigenvalue weighted by Crippen LogP contribution is -2.12. The molecule has 1 aromatic carbocycles. The standard InChI is InChI=1S/C13H10F4N2O2/c1-21-6-11-18-10(5-12(20)19-11)7-2-3-8(9(14)4-7)13(15,16)17/h2-5H,6H2,1H3,(H,18,19,20). The summed E-state index contributed by atoms with van der Waals surface area (Å²) in [7, 11) is 1.39. The first-order valence-electron chi connectivity index (χ1n) is 5.77. The lowest BCUT2D eigenvalue weighted by Gasteiger charge is -2.09. The Kier molecular flexibility index (Phi) is 4.08. The third kappa shape index (κ3) is 3.46. The Balaban J connectivity index is 2.48. The summed E-state index contributed by atoms with van der Waals surface area (Å²) in [6, 6.07) is 3.44. The number of nitrogens with zero attached hydrogens (tertiary/aromatic N) is 1. The van der Waals surface area contributed by atoms with Crippen LogP contribution in [0.25, 0.3) is 11.3 Å². The molecular formula is C13H10F4N2O2. The van der Waals surface area contributed by atoms with Crippen LogP contribution in [-0.4, -0.2) is 17.1 Å².